The third kappa shape index (κ3) is 4.95. The van der Waals surface area contributed by atoms with E-state index in [-0.39, 0.29) is 17.4 Å². The minimum absolute atomic E-state index is 0.102. The van der Waals surface area contributed by atoms with Gasteiger partial charge in [-0.05, 0) is 43.0 Å². The molecule has 6 nitrogen and oxygen atoms in total. The number of hydrogen-bond donors (Lipinski definition) is 1. The van der Waals surface area contributed by atoms with E-state index in [4.69, 9.17) is 0 Å². The molecule has 0 spiro atoms. The van der Waals surface area contributed by atoms with Gasteiger partial charge in [0.15, 0.2) is 0 Å². The molecule has 3 rings (SSSR count). The van der Waals surface area contributed by atoms with E-state index in [0.717, 1.165) is 31.0 Å². The zero-order valence-corrected chi connectivity index (χ0v) is 15.2. The van der Waals surface area contributed by atoms with Gasteiger partial charge in [-0.1, -0.05) is 6.07 Å². The second-order valence-electron chi connectivity index (χ2n) is 6.36. The second kappa shape index (κ2) is 7.81. The van der Waals surface area contributed by atoms with Gasteiger partial charge in [0.05, 0.1) is 10.5 Å². The highest BCUT2D eigenvalue weighted by Gasteiger charge is 2.32. The van der Waals surface area contributed by atoms with Crippen LogP contribution in [0.3, 0.4) is 0 Å². The number of anilines is 1. The van der Waals surface area contributed by atoms with Crippen molar-refractivity contribution in [3.8, 4) is 0 Å². The minimum atomic E-state index is -4.59. The molecule has 0 bridgehead atoms. The van der Waals surface area contributed by atoms with Crippen LogP contribution in [0, 0.1) is 5.92 Å². The lowest BCUT2D eigenvalue weighted by atomic mass is 9.97. The van der Waals surface area contributed by atoms with Gasteiger partial charge in [0.2, 0.25) is 16.0 Å². The molecule has 0 radical (unpaired) electrons. The van der Waals surface area contributed by atoms with Crippen LogP contribution in [0.25, 0.3) is 0 Å². The highest BCUT2D eigenvalue weighted by atomic mass is 32.2. The quantitative estimate of drug-likeness (QED) is 0.835. The van der Waals surface area contributed by atoms with Crippen molar-refractivity contribution in [3.63, 3.8) is 0 Å². The molecule has 1 saturated heterocycles. The Morgan fingerprint density at radius 1 is 1.11 bits per heavy atom. The fourth-order valence-electron chi connectivity index (χ4n) is 2.94. The molecule has 1 aromatic heterocycles. The third-order valence-corrected chi connectivity index (χ3v) is 5.90. The number of piperidine rings is 1. The Balaban J connectivity index is 1.57. The van der Waals surface area contributed by atoms with Crippen molar-refractivity contribution in [2.45, 2.75) is 23.9 Å². The Labute approximate surface area is 155 Å². The van der Waals surface area contributed by atoms with E-state index in [2.05, 4.69) is 14.7 Å². The highest BCUT2D eigenvalue weighted by Crippen LogP contribution is 2.30. The number of rotatable bonds is 5. The summed E-state index contributed by atoms with van der Waals surface area (Å²) < 4.78 is 65.4. The largest absolute Gasteiger partial charge is 0.416 e. The van der Waals surface area contributed by atoms with Crippen molar-refractivity contribution in [2.24, 2.45) is 5.92 Å². The molecule has 0 unspecified atom stereocenters. The fraction of sp³-hybridized carbons (Fsp3) is 0.412. The normalized spacial score (nSPS) is 16.5. The molecule has 0 aliphatic carbocycles. The average molecular weight is 400 g/mol. The van der Waals surface area contributed by atoms with Gasteiger partial charge in [0.1, 0.15) is 0 Å². The fourth-order valence-corrected chi connectivity index (χ4v) is 4.10. The molecule has 1 aliphatic heterocycles. The summed E-state index contributed by atoms with van der Waals surface area (Å²) in [6.45, 7) is 1.57. The van der Waals surface area contributed by atoms with E-state index in [9.17, 15) is 21.6 Å². The second-order valence-corrected chi connectivity index (χ2v) is 8.12. The first kappa shape index (κ1) is 19.6. The van der Waals surface area contributed by atoms with Crippen LogP contribution in [0.2, 0.25) is 0 Å². The Bertz CT molecular complexity index is 867. The van der Waals surface area contributed by atoms with Crippen molar-refractivity contribution in [3.05, 3.63) is 48.3 Å². The predicted molar refractivity (Wildman–Crippen MR) is 93.6 cm³/mol. The number of alkyl halides is 3. The lowest BCUT2D eigenvalue weighted by molar-refractivity contribution is -0.137. The maximum atomic E-state index is 12.8. The summed E-state index contributed by atoms with van der Waals surface area (Å²) in [5.74, 6) is 0.742. The first-order chi connectivity index (χ1) is 12.8. The number of nitrogens with one attached hydrogen (secondary N) is 1. The summed E-state index contributed by atoms with van der Waals surface area (Å²) >= 11 is 0. The Hall–Kier alpha value is -2.20. The maximum Gasteiger partial charge on any atom is 0.416 e. The van der Waals surface area contributed by atoms with Gasteiger partial charge in [0.25, 0.3) is 0 Å². The minimum Gasteiger partial charge on any atom is -0.341 e. The third-order valence-electron chi connectivity index (χ3n) is 4.48. The topological polar surface area (TPSA) is 75.2 Å². The Morgan fingerprint density at radius 2 is 1.78 bits per heavy atom. The van der Waals surface area contributed by atoms with Crippen LogP contribution in [0.1, 0.15) is 18.4 Å². The molecule has 10 heteroatoms. The first-order valence-corrected chi connectivity index (χ1v) is 9.93. The van der Waals surface area contributed by atoms with Crippen molar-refractivity contribution >= 4 is 16.0 Å². The summed E-state index contributed by atoms with van der Waals surface area (Å²) in [5.41, 5.74) is -0.985. The van der Waals surface area contributed by atoms with Crippen LogP contribution in [-0.4, -0.2) is 38.0 Å². The van der Waals surface area contributed by atoms with Crippen LogP contribution in [0.5, 0.6) is 0 Å². The molecule has 27 heavy (non-hydrogen) atoms. The number of sulfonamides is 1. The molecule has 2 heterocycles. The smallest absolute Gasteiger partial charge is 0.341 e. The van der Waals surface area contributed by atoms with Crippen molar-refractivity contribution in [1.82, 2.24) is 14.7 Å². The molecule has 1 fully saturated rings. The van der Waals surface area contributed by atoms with E-state index in [0.29, 0.717) is 25.1 Å². The lowest BCUT2D eigenvalue weighted by Gasteiger charge is -2.31. The van der Waals surface area contributed by atoms with Crippen molar-refractivity contribution < 1.29 is 21.6 Å². The van der Waals surface area contributed by atoms with Gasteiger partial charge in [-0.2, -0.15) is 13.2 Å². The zero-order chi connectivity index (χ0) is 19.5. The summed E-state index contributed by atoms with van der Waals surface area (Å²) in [4.78, 5) is 10.0. The summed E-state index contributed by atoms with van der Waals surface area (Å²) in [5, 5.41) is 0. The Morgan fingerprint density at radius 3 is 2.41 bits per heavy atom. The van der Waals surface area contributed by atoms with Gasteiger partial charge in [0, 0.05) is 32.0 Å². The van der Waals surface area contributed by atoms with Gasteiger partial charge in [-0.25, -0.2) is 23.1 Å². The van der Waals surface area contributed by atoms with E-state index in [1.165, 1.54) is 0 Å². The summed E-state index contributed by atoms with van der Waals surface area (Å²) in [6.07, 6.45) is 0.222. The van der Waals surface area contributed by atoms with Crippen LogP contribution in [0.4, 0.5) is 19.1 Å². The molecular weight excluding hydrogens is 381 g/mol. The number of benzene rings is 1. The monoisotopic (exact) mass is 400 g/mol. The van der Waals surface area contributed by atoms with Gasteiger partial charge in [-0.3, -0.25) is 0 Å². The van der Waals surface area contributed by atoms with Gasteiger partial charge < -0.3 is 4.90 Å². The van der Waals surface area contributed by atoms with E-state index < -0.39 is 21.8 Å². The van der Waals surface area contributed by atoms with E-state index in [1.807, 2.05) is 4.90 Å². The molecule has 1 N–H and O–H groups in total. The maximum absolute atomic E-state index is 12.8. The number of nitrogens with zero attached hydrogens (tertiary/aromatic N) is 3. The lowest BCUT2D eigenvalue weighted by Crippen LogP contribution is -2.39. The molecular formula is C17H19F3N4O2S. The number of hydrogen-bond acceptors (Lipinski definition) is 5. The molecule has 0 saturated carbocycles. The van der Waals surface area contributed by atoms with Gasteiger partial charge in [-0.15, -0.1) is 0 Å². The predicted octanol–water partition coefficient (Wildman–Crippen LogP) is 2.69. The van der Waals surface area contributed by atoms with Crippen molar-refractivity contribution in [2.75, 3.05) is 24.5 Å². The van der Waals surface area contributed by atoms with E-state index >= 15 is 0 Å². The van der Waals surface area contributed by atoms with Crippen LogP contribution >= 0.6 is 0 Å². The Kier molecular flexibility index (Phi) is 5.66. The summed E-state index contributed by atoms with van der Waals surface area (Å²) in [6, 6.07) is 5.49. The molecule has 2 aromatic rings. The van der Waals surface area contributed by atoms with Gasteiger partial charge >= 0.3 is 6.18 Å². The first-order valence-electron chi connectivity index (χ1n) is 8.44. The van der Waals surface area contributed by atoms with Crippen molar-refractivity contribution in [1.29, 1.82) is 0 Å². The molecule has 146 valence electrons. The average Bonchev–Trinajstić information content (AvgIpc) is 2.67. The molecule has 0 amide bonds. The molecule has 1 aromatic carbocycles. The highest BCUT2D eigenvalue weighted by molar-refractivity contribution is 7.89. The molecule has 1 aliphatic rings. The standard InChI is InChI=1S/C17H19F3N4O2S/c18-17(19,20)14-3-1-4-15(11-14)27(25,26)23-12-13-5-9-24(10-6-13)16-21-7-2-8-22-16/h1-4,7-8,11,13,23H,5-6,9-10,12H2. The van der Waals surface area contributed by atoms with Crippen LogP contribution in [-0.2, 0) is 16.2 Å². The SMILES string of the molecule is O=S(=O)(NCC1CCN(c2ncccn2)CC1)c1cccc(C(F)(F)F)c1. The zero-order valence-electron chi connectivity index (χ0n) is 14.4. The van der Waals surface area contributed by atoms with Crippen LogP contribution < -0.4 is 9.62 Å². The molecule has 0 atom stereocenters. The number of aromatic nitrogens is 2. The summed E-state index contributed by atoms with van der Waals surface area (Å²) in [7, 11) is -4.00. The van der Waals surface area contributed by atoms with Crippen LogP contribution in [0.15, 0.2) is 47.6 Å². The number of halogens is 3. The van der Waals surface area contributed by atoms with E-state index in [1.54, 1.807) is 18.5 Å².